The Bertz CT molecular complexity index is 658. The van der Waals surface area contributed by atoms with Gasteiger partial charge in [-0.3, -0.25) is 4.79 Å². The first-order chi connectivity index (χ1) is 11.3. The standard InChI is InChI=1S/C17H19N3O3/c18-8-13(17(21)20-14-3-1-2-4-14)10-19-9-12-5-6-15-16(7-12)23-11-22-15/h5-7,10,14,19H,1-4,9,11H2,(H,20,21)/b13-10-. The topological polar surface area (TPSA) is 83.4 Å². The largest absolute Gasteiger partial charge is 0.454 e. The summed E-state index contributed by atoms with van der Waals surface area (Å²) in [6.45, 7) is 0.741. The van der Waals surface area contributed by atoms with Gasteiger partial charge >= 0.3 is 0 Å². The third-order valence-corrected chi connectivity index (χ3v) is 4.05. The Balaban J connectivity index is 1.55. The molecule has 1 heterocycles. The Labute approximate surface area is 135 Å². The van der Waals surface area contributed by atoms with Gasteiger partial charge in [-0.15, -0.1) is 0 Å². The summed E-state index contributed by atoms with van der Waals surface area (Å²) in [6, 6.07) is 7.79. The maximum Gasteiger partial charge on any atom is 0.263 e. The third kappa shape index (κ3) is 3.75. The number of ether oxygens (including phenoxy) is 2. The first kappa shape index (κ1) is 15.2. The van der Waals surface area contributed by atoms with E-state index in [1.165, 1.54) is 6.20 Å². The van der Waals surface area contributed by atoms with Crippen LogP contribution in [-0.4, -0.2) is 18.7 Å². The minimum absolute atomic E-state index is 0.0950. The second kappa shape index (κ2) is 7.05. The Kier molecular flexibility index (Phi) is 4.67. The number of fused-ring (bicyclic) bond motifs is 1. The quantitative estimate of drug-likeness (QED) is 0.641. The van der Waals surface area contributed by atoms with Crippen LogP contribution in [0.5, 0.6) is 11.5 Å². The van der Waals surface area contributed by atoms with E-state index in [1.54, 1.807) is 0 Å². The van der Waals surface area contributed by atoms with E-state index < -0.39 is 0 Å². The lowest BCUT2D eigenvalue weighted by atomic mass is 10.2. The average molecular weight is 313 g/mol. The number of nitriles is 1. The van der Waals surface area contributed by atoms with Crippen molar-refractivity contribution in [3.8, 4) is 17.6 Å². The number of nitrogens with zero attached hydrogens (tertiary/aromatic N) is 1. The monoisotopic (exact) mass is 313 g/mol. The molecule has 0 spiro atoms. The summed E-state index contributed by atoms with van der Waals surface area (Å²) >= 11 is 0. The predicted octanol–water partition coefficient (Wildman–Crippen LogP) is 1.97. The summed E-state index contributed by atoms with van der Waals surface area (Å²) in [5.74, 6) is 1.14. The van der Waals surface area contributed by atoms with Gasteiger partial charge in [0.05, 0.1) is 0 Å². The van der Waals surface area contributed by atoms with Gasteiger partial charge in [0.25, 0.3) is 5.91 Å². The molecule has 0 bridgehead atoms. The maximum absolute atomic E-state index is 12.0. The lowest BCUT2D eigenvalue weighted by molar-refractivity contribution is -0.117. The summed E-state index contributed by atoms with van der Waals surface area (Å²) < 4.78 is 10.6. The van der Waals surface area contributed by atoms with Crippen LogP contribution in [0.1, 0.15) is 31.2 Å². The van der Waals surface area contributed by atoms with Crippen molar-refractivity contribution >= 4 is 5.91 Å². The van der Waals surface area contributed by atoms with Crippen molar-refractivity contribution in [3.05, 3.63) is 35.5 Å². The molecular formula is C17H19N3O3. The first-order valence-electron chi connectivity index (χ1n) is 7.79. The summed E-state index contributed by atoms with van der Waals surface area (Å²) in [6.07, 6.45) is 5.73. The van der Waals surface area contributed by atoms with Crippen LogP contribution in [0.4, 0.5) is 0 Å². The van der Waals surface area contributed by atoms with Gasteiger partial charge < -0.3 is 20.1 Å². The number of amides is 1. The molecule has 0 unspecified atom stereocenters. The van der Waals surface area contributed by atoms with E-state index in [-0.39, 0.29) is 24.3 Å². The minimum atomic E-state index is -0.308. The molecule has 0 atom stereocenters. The highest BCUT2D eigenvalue weighted by Gasteiger charge is 2.19. The van der Waals surface area contributed by atoms with Gasteiger partial charge in [0.15, 0.2) is 11.5 Å². The molecule has 1 aliphatic heterocycles. The van der Waals surface area contributed by atoms with Crippen LogP contribution in [0.3, 0.4) is 0 Å². The first-order valence-corrected chi connectivity index (χ1v) is 7.79. The number of hydrogen-bond acceptors (Lipinski definition) is 5. The minimum Gasteiger partial charge on any atom is -0.454 e. The summed E-state index contributed by atoms with van der Waals surface area (Å²) in [7, 11) is 0. The molecule has 2 aliphatic rings. The van der Waals surface area contributed by atoms with Crippen molar-refractivity contribution in [3.63, 3.8) is 0 Å². The van der Waals surface area contributed by atoms with E-state index in [0.717, 1.165) is 37.0 Å². The van der Waals surface area contributed by atoms with Crippen LogP contribution < -0.4 is 20.1 Å². The molecular weight excluding hydrogens is 294 g/mol. The van der Waals surface area contributed by atoms with E-state index in [4.69, 9.17) is 14.7 Å². The molecule has 6 heteroatoms. The van der Waals surface area contributed by atoms with Crippen LogP contribution in [-0.2, 0) is 11.3 Å². The highest BCUT2D eigenvalue weighted by atomic mass is 16.7. The molecule has 23 heavy (non-hydrogen) atoms. The van der Waals surface area contributed by atoms with E-state index >= 15 is 0 Å². The van der Waals surface area contributed by atoms with Crippen LogP contribution in [0.2, 0.25) is 0 Å². The third-order valence-electron chi connectivity index (χ3n) is 4.05. The molecule has 1 aromatic carbocycles. The van der Waals surface area contributed by atoms with E-state index in [9.17, 15) is 4.79 Å². The molecule has 0 saturated heterocycles. The molecule has 2 N–H and O–H groups in total. The van der Waals surface area contributed by atoms with Gasteiger partial charge in [0.1, 0.15) is 11.6 Å². The van der Waals surface area contributed by atoms with Crippen LogP contribution in [0.15, 0.2) is 30.0 Å². The number of nitrogens with one attached hydrogen (secondary N) is 2. The number of benzene rings is 1. The van der Waals surface area contributed by atoms with Gasteiger partial charge in [-0.25, -0.2) is 0 Å². The van der Waals surface area contributed by atoms with Crippen molar-refractivity contribution in [2.45, 2.75) is 38.3 Å². The summed E-state index contributed by atoms with van der Waals surface area (Å²) in [5.41, 5.74) is 1.08. The number of rotatable bonds is 5. The predicted molar refractivity (Wildman–Crippen MR) is 83.5 cm³/mol. The van der Waals surface area contributed by atoms with Gasteiger partial charge in [0.2, 0.25) is 6.79 Å². The van der Waals surface area contributed by atoms with Crippen molar-refractivity contribution < 1.29 is 14.3 Å². The zero-order valence-corrected chi connectivity index (χ0v) is 12.8. The van der Waals surface area contributed by atoms with Gasteiger partial charge in [-0.2, -0.15) is 5.26 Å². The maximum atomic E-state index is 12.0. The lowest BCUT2D eigenvalue weighted by Gasteiger charge is -2.11. The summed E-state index contributed by atoms with van der Waals surface area (Å²) in [4.78, 5) is 12.0. The normalized spacial score (nSPS) is 16.9. The molecule has 0 aromatic heterocycles. The highest BCUT2D eigenvalue weighted by Crippen LogP contribution is 2.32. The van der Waals surface area contributed by atoms with E-state index in [0.29, 0.717) is 12.3 Å². The number of carbonyl (C=O) groups is 1. The Hall–Kier alpha value is -2.68. The van der Waals surface area contributed by atoms with Crippen LogP contribution >= 0.6 is 0 Å². The zero-order chi connectivity index (χ0) is 16.1. The number of carbonyl (C=O) groups excluding carboxylic acids is 1. The molecule has 120 valence electrons. The van der Waals surface area contributed by atoms with Crippen LogP contribution in [0.25, 0.3) is 0 Å². The molecule has 1 amide bonds. The fourth-order valence-electron chi connectivity index (χ4n) is 2.80. The smallest absolute Gasteiger partial charge is 0.263 e. The molecule has 1 fully saturated rings. The van der Waals surface area contributed by atoms with E-state index in [1.807, 2.05) is 24.3 Å². The van der Waals surface area contributed by atoms with Gasteiger partial charge in [-0.05, 0) is 30.5 Å². The molecule has 6 nitrogen and oxygen atoms in total. The van der Waals surface area contributed by atoms with Gasteiger partial charge in [0, 0.05) is 18.8 Å². The molecule has 1 aliphatic carbocycles. The van der Waals surface area contributed by atoms with Crippen LogP contribution in [0, 0.1) is 11.3 Å². The fraction of sp³-hybridized carbons (Fsp3) is 0.412. The highest BCUT2D eigenvalue weighted by molar-refractivity contribution is 5.97. The van der Waals surface area contributed by atoms with Crippen molar-refractivity contribution in [2.75, 3.05) is 6.79 Å². The van der Waals surface area contributed by atoms with Gasteiger partial charge in [-0.1, -0.05) is 18.9 Å². The summed E-state index contributed by atoms with van der Waals surface area (Å²) in [5, 5.41) is 15.1. The lowest BCUT2D eigenvalue weighted by Crippen LogP contribution is -2.33. The second-order valence-corrected chi connectivity index (χ2v) is 5.69. The molecule has 1 saturated carbocycles. The Morgan fingerprint density at radius 1 is 1.30 bits per heavy atom. The second-order valence-electron chi connectivity index (χ2n) is 5.69. The SMILES string of the molecule is N#C/C(=C/NCc1ccc2c(c1)OCO2)C(=O)NC1CCCC1. The fourth-order valence-corrected chi connectivity index (χ4v) is 2.80. The average Bonchev–Trinajstić information content (AvgIpc) is 3.22. The number of hydrogen-bond donors (Lipinski definition) is 2. The van der Waals surface area contributed by atoms with Crippen molar-refractivity contribution in [1.29, 1.82) is 5.26 Å². The van der Waals surface area contributed by atoms with Crippen molar-refractivity contribution in [1.82, 2.24) is 10.6 Å². The Morgan fingerprint density at radius 2 is 2.09 bits per heavy atom. The van der Waals surface area contributed by atoms with Crippen molar-refractivity contribution in [2.24, 2.45) is 0 Å². The molecule has 3 rings (SSSR count). The Morgan fingerprint density at radius 3 is 2.87 bits per heavy atom. The molecule has 0 radical (unpaired) electrons. The zero-order valence-electron chi connectivity index (χ0n) is 12.8. The van der Waals surface area contributed by atoms with E-state index in [2.05, 4.69) is 10.6 Å². The molecule has 1 aromatic rings.